The molecule has 3 aromatic rings. The Balaban J connectivity index is 2.35. The number of hydrogen-bond donors (Lipinski definition) is 0. The highest BCUT2D eigenvalue weighted by Crippen LogP contribution is 2.29. The molecule has 82 valence electrons. The summed E-state index contributed by atoms with van der Waals surface area (Å²) < 4.78 is 1.23. The summed E-state index contributed by atoms with van der Waals surface area (Å²) in [5, 5.41) is 2.44. The molecule has 1 aromatic heterocycles. The van der Waals surface area contributed by atoms with Crippen LogP contribution in [0.25, 0.3) is 22.0 Å². The fourth-order valence-corrected chi connectivity index (χ4v) is 2.63. The van der Waals surface area contributed by atoms with Crippen molar-refractivity contribution in [2.24, 2.45) is 0 Å². The molecule has 1 heterocycles. The van der Waals surface area contributed by atoms with Gasteiger partial charge in [0.1, 0.15) is 0 Å². The average molecular weight is 331 g/mol. The van der Waals surface area contributed by atoms with E-state index in [2.05, 4.69) is 82.2 Å². The summed E-state index contributed by atoms with van der Waals surface area (Å²) in [5.41, 5.74) is 2.26. The molecule has 0 N–H and O–H groups in total. The number of aromatic nitrogens is 1. The molecule has 1 nitrogen and oxygen atoms in total. The number of fused-ring (bicyclic) bond motifs is 1. The van der Waals surface area contributed by atoms with Crippen molar-refractivity contribution in [3.05, 3.63) is 64.4 Å². The molecular weight excluding hydrogens is 321 g/mol. The van der Waals surface area contributed by atoms with Crippen molar-refractivity contribution in [2.45, 2.75) is 0 Å². The standard InChI is InChI=1S/C15H10IN/c16-14-8-4-3-7-13(14)15-12-6-2-1-5-11(12)9-10-17-15/h1-10H. The fourth-order valence-electron chi connectivity index (χ4n) is 1.99. The SMILES string of the molecule is Ic1ccccc1-c1nccc2ccccc12. The maximum absolute atomic E-state index is 4.53. The number of halogens is 1. The van der Waals surface area contributed by atoms with E-state index in [-0.39, 0.29) is 0 Å². The fraction of sp³-hybridized carbons (Fsp3) is 0. The van der Waals surface area contributed by atoms with Crippen LogP contribution in [0.5, 0.6) is 0 Å². The number of hydrogen-bond acceptors (Lipinski definition) is 1. The van der Waals surface area contributed by atoms with Crippen LogP contribution in [0.1, 0.15) is 0 Å². The Kier molecular flexibility index (Phi) is 2.81. The molecule has 0 aliphatic rings. The van der Waals surface area contributed by atoms with Crippen molar-refractivity contribution >= 4 is 33.4 Å². The van der Waals surface area contributed by atoms with Gasteiger partial charge in [-0.25, -0.2) is 0 Å². The molecule has 2 heteroatoms. The van der Waals surface area contributed by atoms with Crippen LogP contribution in [0.3, 0.4) is 0 Å². The van der Waals surface area contributed by atoms with E-state index in [4.69, 9.17) is 0 Å². The lowest BCUT2D eigenvalue weighted by molar-refractivity contribution is 1.35. The van der Waals surface area contributed by atoms with Gasteiger partial charge in [0, 0.05) is 20.7 Å². The van der Waals surface area contributed by atoms with E-state index in [1.165, 1.54) is 19.9 Å². The first-order valence-corrected chi connectivity index (χ1v) is 6.53. The Morgan fingerprint density at radius 3 is 2.47 bits per heavy atom. The topological polar surface area (TPSA) is 12.9 Å². The summed E-state index contributed by atoms with van der Waals surface area (Å²) in [7, 11) is 0. The lowest BCUT2D eigenvalue weighted by atomic mass is 10.0. The summed E-state index contributed by atoms with van der Waals surface area (Å²) in [4.78, 5) is 4.53. The summed E-state index contributed by atoms with van der Waals surface area (Å²) in [6, 6.07) is 18.8. The molecule has 0 atom stereocenters. The van der Waals surface area contributed by atoms with Crippen LogP contribution in [0, 0.1) is 3.57 Å². The Morgan fingerprint density at radius 2 is 1.59 bits per heavy atom. The van der Waals surface area contributed by atoms with Crippen LogP contribution in [-0.2, 0) is 0 Å². The molecule has 0 saturated heterocycles. The third kappa shape index (κ3) is 1.93. The zero-order chi connectivity index (χ0) is 11.7. The normalized spacial score (nSPS) is 10.6. The smallest absolute Gasteiger partial charge is 0.0790 e. The summed E-state index contributed by atoms with van der Waals surface area (Å²) >= 11 is 2.36. The summed E-state index contributed by atoms with van der Waals surface area (Å²) in [6.45, 7) is 0. The van der Waals surface area contributed by atoms with Gasteiger partial charge in [-0.05, 0) is 40.1 Å². The minimum Gasteiger partial charge on any atom is -0.256 e. The van der Waals surface area contributed by atoms with Gasteiger partial charge in [-0.15, -0.1) is 0 Å². The third-order valence-corrected chi connectivity index (χ3v) is 3.74. The largest absolute Gasteiger partial charge is 0.256 e. The Labute approximate surface area is 114 Å². The molecule has 3 rings (SSSR count). The second-order valence-electron chi connectivity index (χ2n) is 3.86. The maximum atomic E-state index is 4.53. The molecular formula is C15H10IN. The molecule has 0 spiro atoms. The van der Waals surface area contributed by atoms with Crippen LogP contribution in [0.4, 0.5) is 0 Å². The first kappa shape index (κ1) is 10.7. The molecule has 0 radical (unpaired) electrons. The van der Waals surface area contributed by atoms with Gasteiger partial charge in [0.25, 0.3) is 0 Å². The minimum atomic E-state index is 1.06. The van der Waals surface area contributed by atoms with E-state index in [0.717, 1.165) is 5.69 Å². The number of rotatable bonds is 1. The molecule has 0 amide bonds. The first-order chi connectivity index (χ1) is 8.36. The van der Waals surface area contributed by atoms with Gasteiger partial charge in [0.05, 0.1) is 5.69 Å². The van der Waals surface area contributed by atoms with E-state index < -0.39 is 0 Å². The Morgan fingerprint density at radius 1 is 0.824 bits per heavy atom. The zero-order valence-corrected chi connectivity index (χ0v) is 11.3. The van der Waals surface area contributed by atoms with Crippen LogP contribution in [0.15, 0.2) is 60.8 Å². The van der Waals surface area contributed by atoms with E-state index in [1.54, 1.807) is 0 Å². The van der Waals surface area contributed by atoms with Gasteiger partial charge in [0.2, 0.25) is 0 Å². The van der Waals surface area contributed by atoms with Gasteiger partial charge in [-0.1, -0.05) is 42.5 Å². The first-order valence-electron chi connectivity index (χ1n) is 5.45. The van der Waals surface area contributed by atoms with Crippen LogP contribution in [0.2, 0.25) is 0 Å². The predicted octanol–water partition coefficient (Wildman–Crippen LogP) is 4.51. The molecule has 0 fully saturated rings. The molecule has 0 bridgehead atoms. The second-order valence-corrected chi connectivity index (χ2v) is 5.02. The number of benzene rings is 2. The summed E-state index contributed by atoms with van der Waals surface area (Å²) in [6.07, 6.45) is 1.88. The van der Waals surface area contributed by atoms with Gasteiger partial charge < -0.3 is 0 Å². The molecule has 17 heavy (non-hydrogen) atoms. The minimum absolute atomic E-state index is 1.06. The van der Waals surface area contributed by atoms with Crippen molar-refractivity contribution in [3.8, 4) is 11.3 Å². The lowest BCUT2D eigenvalue weighted by Gasteiger charge is -2.07. The average Bonchev–Trinajstić information content (AvgIpc) is 2.39. The predicted molar refractivity (Wildman–Crippen MR) is 79.9 cm³/mol. The van der Waals surface area contributed by atoms with Gasteiger partial charge >= 0.3 is 0 Å². The van der Waals surface area contributed by atoms with Crippen LogP contribution < -0.4 is 0 Å². The van der Waals surface area contributed by atoms with Crippen molar-refractivity contribution in [3.63, 3.8) is 0 Å². The van der Waals surface area contributed by atoms with Crippen molar-refractivity contribution in [2.75, 3.05) is 0 Å². The highest BCUT2D eigenvalue weighted by molar-refractivity contribution is 14.1. The summed E-state index contributed by atoms with van der Waals surface area (Å²) in [5.74, 6) is 0. The molecule has 0 unspecified atom stereocenters. The third-order valence-electron chi connectivity index (χ3n) is 2.80. The highest BCUT2D eigenvalue weighted by atomic mass is 127. The Hall–Kier alpha value is -1.42. The monoisotopic (exact) mass is 331 g/mol. The lowest BCUT2D eigenvalue weighted by Crippen LogP contribution is -1.88. The molecule has 0 saturated carbocycles. The quantitative estimate of drug-likeness (QED) is 0.598. The zero-order valence-electron chi connectivity index (χ0n) is 9.10. The second kappa shape index (κ2) is 4.45. The number of pyridine rings is 1. The maximum Gasteiger partial charge on any atom is 0.0790 e. The molecule has 0 aliphatic carbocycles. The van der Waals surface area contributed by atoms with Gasteiger partial charge in [-0.3, -0.25) is 4.98 Å². The highest BCUT2D eigenvalue weighted by Gasteiger charge is 2.07. The molecule has 0 aliphatic heterocycles. The number of nitrogens with zero attached hydrogens (tertiary/aromatic N) is 1. The van der Waals surface area contributed by atoms with Crippen molar-refractivity contribution in [1.29, 1.82) is 0 Å². The van der Waals surface area contributed by atoms with E-state index in [1.807, 2.05) is 6.20 Å². The van der Waals surface area contributed by atoms with E-state index >= 15 is 0 Å². The van der Waals surface area contributed by atoms with Crippen LogP contribution >= 0.6 is 22.6 Å². The van der Waals surface area contributed by atoms with E-state index in [0.29, 0.717) is 0 Å². The molecule has 2 aromatic carbocycles. The van der Waals surface area contributed by atoms with Gasteiger partial charge in [0.15, 0.2) is 0 Å². The van der Waals surface area contributed by atoms with Crippen molar-refractivity contribution < 1.29 is 0 Å². The Bertz CT molecular complexity index is 671. The van der Waals surface area contributed by atoms with Gasteiger partial charge in [-0.2, -0.15) is 0 Å². The van der Waals surface area contributed by atoms with Crippen LogP contribution in [-0.4, -0.2) is 4.98 Å². The van der Waals surface area contributed by atoms with E-state index in [9.17, 15) is 0 Å². The van der Waals surface area contributed by atoms with Crippen molar-refractivity contribution in [1.82, 2.24) is 4.98 Å².